The highest BCUT2D eigenvalue weighted by molar-refractivity contribution is 8.00. The molecule has 3 aromatic rings. The van der Waals surface area contributed by atoms with Gasteiger partial charge in [0.05, 0.1) is 40.3 Å². The molecule has 0 saturated heterocycles. The van der Waals surface area contributed by atoms with Crippen molar-refractivity contribution in [1.82, 2.24) is 9.88 Å². The number of hydrogen-bond donors (Lipinski definition) is 0. The first kappa shape index (κ1) is 21.0. The number of nitrogens with zero attached hydrogens (tertiary/aromatic N) is 3. The Morgan fingerprint density at radius 3 is 2.76 bits per heavy atom. The molecule has 29 heavy (non-hydrogen) atoms. The van der Waals surface area contributed by atoms with E-state index in [-0.39, 0.29) is 28.9 Å². The van der Waals surface area contributed by atoms with Gasteiger partial charge in [0.25, 0.3) is 0 Å². The summed E-state index contributed by atoms with van der Waals surface area (Å²) in [5, 5.41) is 10.9. The highest BCUT2D eigenvalue weighted by atomic mass is 32.2. The van der Waals surface area contributed by atoms with Crippen LogP contribution in [-0.2, 0) is 17.5 Å². The highest BCUT2D eigenvalue weighted by Crippen LogP contribution is 2.38. The van der Waals surface area contributed by atoms with Crippen LogP contribution in [0.3, 0.4) is 0 Å². The quantitative estimate of drug-likeness (QED) is 0.505. The Labute approximate surface area is 172 Å². The van der Waals surface area contributed by atoms with Crippen LogP contribution in [0.4, 0.5) is 13.2 Å². The first-order valence-electron chi connectivity index (χ1n) is 8.25. The lowest BCUT2D eigenvalue weighted by Gasteiger charge is -2.16. The van der Waals surface area contributed by atoms with Gasteiger partial charge in [0.2, 0.25) is 5.91 Å². The molecule has 0 atom stereocenters. The molecule has 0 aliphatic heterocycles. The molecule has 0 fully saturated rings. The van der Waals surface area contributed by atoms with Crippen LogP contribution in [0.2, 0.25) is 0 Å². The van der Waals surface area contributed by atoms with Crippen molar-refractivity contribution in [3.8, 4) is 16.6 Å². The fourth-order valence-electron chi connectivity index (χ4n) is 2.47. The first-order valence-corrected chi connectivity index (χ1v) is 10.1. The zero-order valence-electron chi connectivity index (χ0n) is 15.1. The molecule has 1 amide bonds. The van der Waals surface area contributed by atoms with Gasteiger partial charge in [0.1, 0.15) is 16.9 Å². The Morgan fingerprint density at radius 1 is 1.38 bits per heavy atom. The Morgan fingerprint density at radius 2 is 2.17 bits per heavy atom. The topological polar surface area (TPSA) is 70.1 Å². The number of pyridine rings is 1. The van der Waals surface area contributed by atoms with Gasteiger partial charge in [0.15, 0.2) is 0 Å². The van der Waals surface area contributed by atoms with E-state index >= 15 is 0 Å². The molecule has 150 valence electrons. The summed E-state index contributed by atoms with van der Waals surface area (Å²) in [6.07, 6.45) is -3.23. The predicted molar refractivity (Wildman–Crippen MR) is 103 cm³/mol. The summed E-state index contributed by atoms with van der Waals surface area (Å²) < 4.78 is 45.7. The standard InChI is InChI=1S/C19H14F3N3O2S2/c1-25(10-12-4-2-6-27-12)17(26)11-29-18-13(9-23)14(19(20,21)22)8-15(24-18)16-5-3-7-28-16/h2-8H,10-11H2,1H3. The van der Waals surface area contributed by atoms with Crippen molar-refractivity contribution in [3.05, 3.63) is 58.9 Å². The minimum atomic E-state index is -4.71. The highest BCUT2D eigenvalue weighted by Gasteiger charge is 2.36. The largest absolute Gasteiger partial charge is 0.467 e. The number of thioether (sulfide) groups is 1. The third-order valence-electron chi connectivity index (χ3n) is 3.91. The lowest BCUT2D eigenvalue weighted by atomic mass is 10.1. The van der Waals surface area contributed by atoms with Gasteiger partial charge >= 0.3 is 6.18 Å². The van der Waals surface area contributed by atoms with Crippen LogP contribution in [-0.4, -0.2) is 28.6 Å². The van der Waals surface area contributed by atoms with Gasteiger partial charge in [-0.3, -0.25) is 4.79 Å². The molecule has 3 rings (SSSR count). The summed E-state index contributed by atoms with van der Waals surface area (Å²) in [4.78, 5) is 18.5. The predicted octanol–water partition coefficient (Wildman–Crippen LogP) is 5.04. The van der Waals surface area contributed by atoms with E-state index in [9.17, 15) is 23.2 Å². The van der Waals surface area contributed by atoms with Gasteiger partial charge < -0.3 is 9.32 Å². The molecule has 3 aromatic heterocycles. The molecule has 0 aliphatic rings. The van der Waals surface area contributed by atoms with Crippen LogP contribution in [0.25, 0.3) is 10.6 Å². The molecule has 0 spiro atoms. The van der Waals surface area contributed by atoms with Crippen molar-refractivity contribution in [3.63, 3.8) is 0 Å². The number of alkyl halides is 3. The van der Waals surface area contributed by atoms with Crippen molar-refractivity contribution < 1.29 is 22.4 Å². The Hall–Kier alpha value is -2.77. The van der Waals surface area contributed by atoms with Crippen LogP contribution >= 0.6 is 23.1 Å². The van der Waals surface area contributed by atoms with E-state index < -0.39 is 17.3 Å². The molecule has 3 heterocycles. The van der Waals surface area contributed by atoms with E-state index in [0.717, 1.165) is 17.8 Å². The second kappa shape index (κ2) is 8.71. The molecule has 0 radical (unpaired) electrons. The number of furan rings is 1. The fourth-order valence-corrected chi connectivity index (χ4v) is 4.10. The fraction of sp³-hybridized carbons (Fsp3) is 0.211. The number of rotatable bonds is 6. The molecule has 5 nitrogen and oxygen atoms in total. The zero-order valence-corrected chi connectivity index (χ0v) is 16.7. The van der Waals surface area contributed by atoms with Crippen LogP contribution in [0.1, 0.15) is 16.9 Å². The van der Waals surface area contributed by atoms with Crippen LogP contribution in [0.5, 0.6) is 0 Å². The second-order valence-electron chi connectivity index (χ2n) is 5.94. The Kier molecular flexibility index (Phi) is 6.30. The average molecular weight is 437 g/mol. The van der Waals surface area contributed by atoms with E-state index in [1.54, 1.807) is 42.8 Å². The molecule has 0 aromatic carbocycles. The van der Waals surface area contributed by atoms with E-state index in [2.05, 4.69) is 4.98 Å². The third kappa shape index (κ3) is 4.99. The van der Waals surface area contributed by atoms with Gasteiger partial charge in [0, 0.05) is 7.05 Å². The number of nitriles is 1. The minimum absolute atomic E-state index is 0.116. The van der Waals surface area contributed by atoms with E-state index in [0.29, 0.717) is 10.6 Å². The Balaban J connectivity index is 1.86. The second-order valence-corrected chi connectivity index (χ2v) is 7.85. The molecule has 10 heteroatoms. The molecule has 0 bridgehead atoms. The molecular weight excluding hydrogens is 423 g/mol. The summed E-state index contributed by atoms with van der Waals surface area (Å²) in [5.74, 6) is 0.0947. The van der Waals surface area contributed by atoms with Gasteiger partial charge in [-0.05, 0) is 29.6 Å². The molecular formula is C19H14F3N3O2S2. The maximum atomic E-state index is 13.5. The zero-order chi connectivity index (χ0) is 21.0. The molecule has 0 unspecified atom stereocenters. The average Bonchev–Trinajstić information content (AvgIpc) is 3.38. The van der Waals surface area contributed by atoms with Crippen LogP contribution < -0.4 is 0 Å². The first-order chi connectivity index (χ1) is 13.8. The van der Waals surface area contributed by atoms with Crippen molar-refractivity contribution >= 4 is 29.0 Å². The summed E-state index contributed by atoms with van der Waals surface area (Å²) in [6.45, 7) is 0.230. The smallest absolute Gasteiger partial charge is 0.417 e. The maximum Gasteiger partial charge on any atom is 0.417 e. The maximum absolute atomic E-state index is 13.5. The summed E-state index contributed by atoms with van der Waals surface area (Å²) >= 11 is 2.05. The van der Waals surface area contributed by atoms with E-state index in [1.165, 1.54) is 22.5 Å². The number of amides is 1. The summed E-state index contributed by atoms with van der Waals surface area (Å²) in [5.41, 5.74) is -1.52. The number of halogens is 3. The van der Waals surface area contributed by atoms with Gasteiger partial charge in [-0.1, -0.05) is 17.8 Å². The number of thiophene rings is 1. The van der Waals surface area contributed by atoms with Crippen molar-refractivity contribution in [2.75, 3.05) is 12.8 Å². The number of carbonyl (C=O) groups excluding carboxylic acids is 1. The van der Waals surface area contributed by atoms with E-state index in [1.807, 2.05) is 0 Å². The number of aromatic nitrogens is 1. The van der Waals surface area contributed by atoms with Crippen molar-refractivity contribution in [2.45, 2.75) is 17.7 Å². The summed E-state index contributed by atoms with van der Waals surface area (Å²) in [6, 6.07) is 9.23. The molecule has 0 N–H and O–H groups in total. The van der Waals surface area contributed by atoms with E-state index in [4.69, 9.17) is 4.42 Å². The van der Waals surface area contributed by atoms with Gasteiger partial charge in [-0.2, -0.15) is 18.4 Å². The van der Waals surface area contributed by atoms with Crippen LogP contribution in [0, 0.1) is 11.3 Å². The van der Waals surface area contributed by atoms with Crippen LogP contribution in [0.15, 0.2) is 51.4 Å². The molecule has 0 aliphatic carbocycles. The monoisotopic (exact) mass is 437 g/mol. The minimum Gasteiger partial charge on any atom is -0.467 e. The Bertz CT molecular complexity index is 1030. The van der Waals surface area contributed by atoms with Crippen molar-refractivity contribution in [1.29, 1.82) is 5.26 Å². The summed E-state index contributed by atoms with van der Waals surface area (Å²) in [7, 11) is 1.56. The van der Waals surface area contributed by atoms with Gasteiger partial charge in [-0.25, -0.2) is 4.98 Å². The molecule has 0 saturated carbocycles. The van der Waals surface area contributed by atoms with Crippen molar-refractivity contribution in [2.24, 2.45) is 0 Å². The SMILES string of the molecule is CN(Cc1ccco1)C(=O)CSc1nc(-c2cccs2)cc(C(F)(F)F)c1C#N. The normalized spacial score (nSPS) is 11.3. The lowest BCUT2D eigenvalue weighted by molar-refractivity contribution is -0.138. The lowest BCUT2D eigenvalue weighted by Crippen LogP contribution is -2.27. The third-order valence-corrected chi connectivity index (χ3v) is 5.76. The van der Waals surface area contributed by atoms with Gasteiger partial charge in [-0.15, -0.1) is 11.3 Å². The number of hydrogen-bond acceptors (Lipinski definition) is 6. The number of carbonyl (C=O) groups is 1.